The molecule has 1 aromatic rings. The highest BCUT2D eigenvalue weighted by Crippen LogP contribution is 2.14. The van der Waals surface area contributed by atoms with Crippen LogP contribution in [0.1, 0.15) is 19.3 Å². The Morgan fingerprint density at radius 2 is 2.33 bits per heavy atom. The molecule has 1 fully saturated rings. The maximum absolute atomic E-state index is 12.0. The van der Waals surface area contributed by atoms with E-state index < -0.39 is 10.0 Å². The molecule has 2 heterocycles. The van der Waals surface area contributed by atoms with Crippen molar-refractivity contribution >= 4 is 26.0 Å². The van der Waals surface area contributed by atoms with Gasteiger partial charge in [0.1, 0.15) is 4.90 Å². The monoisotopic (exact) mass is 333 g/mol. The van der Waals surface area contributed by atoms with Crippen molar-refractivity contribution in [3.8, 4) is 0 Å². The zero-order valence-corrected chi connectivity index (χ0v) is 12.3. The van der Waals surface area contributed by atoms with Gasteiger partial charge in [0.05, 0.1) is 0 Å². The Labute approximate surface area is 116 Å². The summed E-state index contributed by atoms with van der Waals surface area (Å²) in [6.07, 6.45) is 6.02. The molecule has 0 saturated carbocycles. The van der Waals surface area contributed by atoms with Crippen molar-refractivity contribution in [3.63, 3.8) is 0 Å². The summed E-state index contributed by atoms with van der Waals surface area (Å²) in [5, 5.41) is 3.34. The maximum Gasteiger partial charge on any atom is 0.242 e. The van der Waals surface area contributed by atoms with Gasteiger partial charge in [-0.25, -0.2) is 13.1 Å². The molecule has 1 atom stereocenters. The van der Waals surface area contributed by atoms with Crippen molar-refractivity contribution in [1.82, 2.24) is 15.0 Å². The quantitative estimate of drug-likeness (QED) is 0.851. The number of aromatic nitrogens is 1. The van der Waals surface area contributed by atoms with Crippen LogP contribution in [0.25, 0.3) is 0 Å². The van der Waals surface area contributed by atoms with Gasteiger partial charge in [-0.05, 0) is 47.8 Å². The van der Waals surface area contributed by atoms with Crippen LogP contribution >= 0.6 is 15.9 Å². The predicted molar refractivity (Wildman–Crippen MR) is 72.8 cm³/mol. The van der Waals surface area contributed by atoms with Gasteiger partial charge in [-0.15, -0.1) is 0 Å². The number of pyridine rings is 1. The van der Waals surface area contributed by atoms with Crippen LogP contribution in [0.4, 0.5) is 0 Å². The summed E-state index contributed by atoms with van der Waals surface area (Å²) in [6, 6.07) is 1.98. The van der Waals surface area contributed by atoms with Crippen LogP contribution in [0.15, 0.2) is 27.8 Å². The molecule has 1 saturated heterocycles. The van der Waals surface area contributed by atoms with Gasteiger partial charge in [0.2, 0.25) is 10.0 Å². The van der Waals surface area contributed by atoms with E-state index in [9.17, 15) is 8.42 Å². The van der Waals surface area contributed by atoms with E-state index in [2.05, 4.69) is 31.0 Å². The molecule has 5 nitrogen and oxygen atoms in total. The molecule has 2 rings (SSSR count). The van der Waals surface area contributed by atoms with E-state index in [1.165, 1.54) is 12.6 Å². The normalized spacial score (nSPS) is 20.2. The van der Waals surface area contributed by atoms with Crippen LogP contribution in [0.2, 0.25) is 0 Å². The predicted octanol–water partition coefficient (Wildman–Crippen LogP) is 1.26. The molecule has 0 radical (unpaired) electrons. The molecule has 0 aliphatic carbocycles. The molecule has 18 heavy (non-hydrogen) atoms. The second-order valence-electron chi connectivity index (χ2n) is 4.32. The third kappa shape index (κ3) is 3.74. The van der Waals surface area contributed by atoms with E-state index in [1.54, 1.807) is 12.3 Å². The summed E-state index contributed by atoms with van der Waals surface area (Å²) in [5.41, 5.74) is 0. The summed E-state index contributed by atoms with van der Waals surface area (Å²) >= 11 is 3.21. The summed E-state index contributed by atoms with van der Waals surface area (Å²) < 4.78 is 27.2. The average molecular weight is 334 g/mol. The Balaban J connectivity index is 1.90. The molecule has 1 aliphatic heterocycles. The fourth-order valence-corrected chi connectivity index (χ4v) is 3.54. The van der Waals surface area contributed by atoms with Gasteiger partial charge in [-0.2, -0.15) is 0 Å². The van der Waals surface area contributed by atoms with Gasteiger partial charge in [-0.1, -0.05) is 0 Å². The summed E-state index contributed by atoms with van der Waals surface area (Å²) in [5.74, 6) is 0. The molecular formula is C11H16BrN3O2S. The van der Waals surface area contributed by atoms with Gasteiger partial charge < -0.3 is 5.32 Å². The van der Waals surface area contributed by atoms with Gasteiger partial charge >= 0.3 is 0 Å². The average Bonchev–Trinajstić information content (AvgIpc) is 2.82. The smallest absolute Gasteiger partial charge is 0.242 e. The van der Waals surface area contributed by atoms with Crippen LogP contribution in [-0.2, 0) is 10.0 Å². The van der Waals surface area contributed by atoms with Crippen LogP contribution in [0.3, 0.4) is 0 Å². The number of sulfonamides is 1. The summed E-state index contributed by atoms with van der Waals surface area (Å²) in [7, 11) is -3.44. The number of halogens is 1. The van der Waals surface area contributed by atoms with Gasteiger partial charge in [0.15, 0.2) is 0 Å². The molecule has 0 bridgehead atoms. The first-order valence-corrected chi connectivity index (χ1v) is 8.19. The third-order valence-electron chi connectivity index (χ3n) is 2.94. The Morgan fingerprint density at radius 1 is 1.50 bits per heavy atom. The van der Waals surface area contributed by atoms with Crippen molar-refractivity contribution in [3.05, 3.63) is 22.9 Å². The number of nitrogens with one attached hydrogen (secondary N) is 2. The molecule has 100 valence electrons. The molecule has 1 aliphatic rings. The number of rotatable bonds is 5. The van der Waals surface area contributed by atoms with Crippen molar-refractivity contribution in [2.24, 2.45) is 0 Å². The van der Waals surface area contributed by atoms with Crippen molar-refractivity contribution in [1.29, 1.82) is 0 Å². The zero-order valence-electron chi connectivity index (χ0n) is 9.89. The van der Waals surface area contributed by atoms with Gasteiger partial charge in [-0.3, -0.25) is 4.98 Å². The van der Waals surface area contributed by atoms with E-state index in [0.717, 1.165) is 19.4 Å². The number of nitrogens with zero attached hydrogens (tertiary/aromatic N) is 1. The standard InChI is InChI=1S/C11H16BrN3O2S/c12-9-6-11(8-13-7-9)18(16,17)15-5-3-10-2-1-4-14-10/h6-8,10,14-15H,1-5H2. The zero-order chi connectivity index (χ0) is 13.0. The minimum absolute atomic E-state index is 0.191. The Kier molecular flexibility index (Phi) is 4.71. The largest absolute Gasteiger partial charge is 0.314 e. The highest BCUT2D eigenvalue weighted by Gasteiger charge is 2.17. The van der Waals surface area contributed by atoms with Crippen molar-refractivity contribution in [2.75, 3.05) is 13.1 Å². The van der Waals surface area contributed by atoms with Gasteiger partial charge in [0, 0.05) is 29.5 Å². The highest BCUT2D eigenvalue weighted by molar-refractivity contribution is 9.10. The van der Waals surface area contributed by atoms with E-state index in [0.29, 0.717) is 17.1 Å². The highest BCUT2D eigenvalue weighted by atomic mass is 79.9. The lowest BCUT2D eigenvalue weighted by Gasteiger charge is -2.11. The van der Waals surface area contributed by atoms with Crippen molar-refractivity contribution < 1.29 is 8.42 Å². The van der Waals surface area contributed by atoms with E-state index in [1.807, 2.05) is 0 Å². The lowest BCUT2D eigenvalue weighted by Crippen LogP contribution is -2.30. The van der Waals surface area contributed by atoms with Crippen molar-refractivity contribution in [2.45, 2.75) is 30.2 Å². The van der Waals surface area contributed by atoms with E-state index >= 15 is 0 Å². The fourth-order valence-electron chi connectivity index (χ4n) is 1.99. The maximum atomic E-state index is 12.0. The molecular weight excluding hydrogens is 318 g/mol. The first kappa shape index (κ1) is 13.9. The minimum atomic E-state index is -3.44. The van der Waals surface area contributed by atoms with Gasteiger partial charge in [0.25, 0.3) is 0 Å². The lowest BCUT2D eigenvalue weighted by atomic mass is 10.2. The van der Waals surface area contributed by atoms with Crippen LogP contribution in [0.5, 0.6) is 0 Å². The first-order chi connectivity index (χ1) is 8.58. The molecule has 2 N–H and O–H groups in total. The third-order valence-corrected chi connectivity index (χ3v) is 4.80. The number of hydrogen-bond acceptors (Lipinski definition) is 4. The molecule has 1 aromatic heterocycles. The topological polar surface area (TPSA) is 71.1 Å². The Morgan fingerprint density at radius 3 is 3.00 bits per heavy atom. The fraction of sp³-hybridized carbons (Fsp3) is 0.545. The van der Waals surface area contributed by atoms with Crippen LogP contribution < -0.4 is 10.0 Å². The number of hydrogen-bond donors (Lipinski definition) is 2. The van der Waals surface area contributed by atoms with Crippen LogP contribution in [0, 0.1) is 0 Å². The second-order valence-corrected chi connectivity index (χ2v) is 7.00. The molecule has 0 spiro atoms. The summed E-state index contributed by atoms with van der Waals surface area (Å²) in [6.45, 7) is 1.49. The summed E-state index contributed by atoms with van der Waals surface area (Å²) in [4.78, 5) is 4.05. The Bertz CT molecular complexity index is 501. The van der Waals surface area contributed by atoms with Crippen LogP contribution in [-0.4, -0.2) is 32.5 Å². The molecule has 0 amide bonds. The molecule has 1 unspecified atom stereocenters. The van der Waals surface area contributed by atoms with E-state index in [4.69, 9.17) is 0 Å². The SMILES string of the molecule is O=S(=O)(NCCC1CCCN1)c1cncc(Br)c1. The first-order valence-electron chi connectivity index (χ1n) is 5.91. The Hall–Kier alpha value is -0.500. The minimum Gasteiger partial charge on any atom is -0.314 e. The molecule has 7 heteroatoms. The second kappa shape index (κ2) is 6.10. The lowest BCUT2D eigenvalue weighted by molar-refractivity contribution is 0.539. The van der Waals surface area contributed by atoms with E-state index in [-0.39, 0.29) is 4.90 Å². The molecule has 0 aromatic carbocycles.